The van der Waals surface area contributed by atoms with Crippen molar-refractivity contribution in [3.05, 3.63) is 66.7 Å². The Balaban J connectivity index is 2.73. The van der Waals surface area contributed by atoms with Gasteiger partial charge in [0.15, 0.2) is 0 Å². The van der Waals surface area contributed by atoms with Gasteiger partial charge < -0.3 is 9.47 Å². The molecule has 0 spiro atoms. The maximum Gasteiger partial charge on any atom is 0.519 e. The van der Waals surface area contributed by atoms with Crippen molar-refractivity contribution in [1.82, 2.24) is 0 Å². The van der Waals surface area contributed by atoms with Gasteiger partial charge in [0.05, 0.1) is 9.85 Å². The zero-order valence-corrected chi connectivity index (χ0v) is 24.6. The number of nitrogens with zero attached hydrogens (tertiary/aromatic N) is 2. The average molecular weight is 529 g/mol. The van der Waals surface area contributed by atoms with Gasteiger partial charge in [-0.2, -0.15) is 0 Å². The van der Waals surface area contributed by atoms with E-state index in [9.17, 15) is 25.0 Å². The SMILES string of the molecule is CC(C)(C)c1cc([N+](=O)[O-])c(OC(=O)Oc2c([N+](=O)[O-])cc(C(C)(C)C)cc2C(C)(C)C)c(C(C)(C)C)c1. The van der Waals surface area contributed by atoms with E-state index in [0.717, 1.165) is 0 Å². The van der Waals surface area contributed by atoms with Gasteiger partial charge in [0.25, 0.3) is 0 Å². The minimum absolute atomic E-state index is 0.244. The average Bonchev–Trinajstić information content (AvgIpc) is 2.70. The molecule has 9 heteroatoms. The van der Waals surface area contributed by atoms with Crippen molar-refractivity contribution in [1.29, 1.82) is 0 Å². The van der Waals surface area contributed by atoms with E-state index in [1.807, 2.05) is 83.1 Å². The van der Waals surface area contributed by atoms with E-state index >= 15 is 0 Å². The van der Waals surface area contributed by atoms with Crippen LogP contribution in [0.15, 0.2) is 24.3 Å². The predicted molar refractivity (Wildman–Crippen MR) is 148 cm³/mol. The molecule has 0 atom stereocenters. The number of carbonyl (C=O) groups is 1. The molecule has 0 aliphatic rings. The maximum atomic E-state index is 13.2. The van der Waals surface area contributed by atoms with Crippen molar-refractivity contribution < 1.29 is 24.1 Å². The molecule has 0 N–H and O–H groups in total. The molecule has 0 aromatic heterocycles. The van der Waals surface area contributed by atoms with E-state index in [-0.39, 0.29) is 22.9 Å². The van der Waals surface area contributed by atoms with Gasteiger partial charge in [0.1, 0.15) is 0 Å². The van der Waals surface area contributed by atoms with Crippen LogP contribution < -0.4 is 9.47 Å². The Morgan fingerprint density at radius 2 is 0.868 bits per heavy atom. The zero-order valence-electron chi connectivity index (χ0n) is 24.6. The summed E-state index contributed by atoms with van der Waals surface area (Å²) in [5, 5.41) is 24.1. The first-order valence-corrected chi connectivity index (χ1v) is 12.5. The Kier molecular flexibility index (Phi) is 8.09. The molecule has 0 heterocycles. The number of nitro groups is 2. The largest absolute Gasteiger partial charge is 0.519 e. The minimum atomic E-state index is -1.29. The van der Waals surface area contributed by atoms with E-state index in [2.05, 4.69) is 0 Å². The van der Waals surface area contributed by atoms with Crippen LogP contribution in [0.5, 0.6) is 11.5 Å². The van der Waals surface area contributed by atoms with Crippen molar-refractivity contribution in [3.8, 4) is 11.5 Å². The van der Waals surface area contributed by atoms with Crippen molar-refractivity contribution >= 4 is 17.5 Å². The van der Waals surface area contributed by atoms with Crippen LogP contribution >= 0.6 is 0 Å². The van der Waals surface area contributed by atoms with Crippen molar-refractivity contribution in [2.75, 3.05) is 0 Å². The molecule has 2 aromatic carbocycles. The first-order valence-electron chi connectivity index (χ1n) is 12.5. The molecule has 2 rings (SSSR count). The van der Waals surface area contributed by atoms with Crippen LogP contribution in [0, 0.1) is 20.2 Å². The maximum absolute atomic E-state index is 13.2. The van der Waals surface area contributed by atoms with E-state index in [4.69, 9.17) is 9.47 Å². The molecule has 0 amide bonds. The lowest BCUT2D eigenvalue weighted by Crippen LogP contribution is -2.24. The Morgan fingerprint density at radius 1 is 0.579 bits per heavy atom. The monoisotopic (exact) mass is 528 g/mol. The fraction of sp³-hybridized carbons (Fsp3) is 0.552. The quantitative estimate of drug-likeness (QED) is 0.169. The predicted octanol–water partition coefficient (Wildman–Crippen LogP) is 8.27. The lowest BCUT2D eigenvalue weighted by Gasteiger charge is -2.27. The Labute approximate surface area is 224 Å². The minimum Gasteiger partial charge on any atom is -0.387 e. The number of nitro benzene ring substituents is 2. The van der Waals surface area contributed by atoms with Crippen LogP contribution in [0.1, 0.15) is 105 Å². The fourth-order valence-corrected chi connectivity index (χ4v) is 3.88. The van der Waals surface area contributed by atoms with Gasteiger partial charge in [-0.1, -0.05) is 95.2 Å². The van der Waals surface area contributed by atoms with E-state index in [1.54, 1.807) is 12.1 Å². The molecule has 0 aliphatic carbocycles. The Bertz CT molecular complexity index is 1170. The Morgan fingerprint density at radius 3 is 1.08 bits per heavy atom. The van der Waals surface area contributed by atoms with Crippen LogP contribution in [-0.2, 0) is 21.7 Å². The number of ether oxygens (including phenoxy) is 2. The van der Waals surface area contributed by atoms with Crippen LogP contribution in [0.3, 0.4) is 0 Å². The first-order chi connectivity index (χ1) is 16.9. The molecular formula is C29H40N2O7. The standard InChI is InChI=1S/C29H40N2O7/c1-26(2,3)17-13-19(28(7,8)9)23(21(15-17)30(33)34)37-25(32)38-24-20(29(10,11)12)14-18(27(4,5)6)16-22(24)31(35)36/h13-16H,1-12H3. The summed E-state index contributed by atoms with van der Waals surface area (Å²) < 4.78 is 11.0. The number of rotatable bonds is 4. The third-order valence-electron chi connectivity index (χ3n) is 6.25. The van der Waals surface area contributed by atoms with Gasteiger partial charge in [0, 0.05) is 23.3 Å². The molecule has 0 aliphatic heterocycles. The van der Waals surface area contributed by atoms with E-state index in [0.29, 0.717) is 22.3 Å². The summed E-state index contributed by atoms with van der Waals surface area (Å²) in [5.74, 6) is -0.487. The molecule has 0 fully saturated rings. The summed E-state index contributed by atoms with van der Waals surface area (Å²) in [5.41, 5.74) is -0.513. The number of hydrogen-bond acceptors (Lipinski definition) is 7. The molecule has 0 saturated carbocycles. The van der Waals surface area contributed by atoms with Crippen molar-refractivity contribution in [3.63, 3.8) is 0 Å². The highest BCUT2D eigenvalue weighted by Crippen LogP contribution is 2.44. The van der Waals surface area contributed by atoms with Gasteiger partial charge >= 0.3 is 17.5 Å². The lowest BCUT2D eigenvalue weighted by atomic mass is 9.79. The first kappa shape index (κ1) is 30.7. The van der Waals surface area contributed by atoms with Crippen molar-refractivity contribution in [2.24, 2.45) is 0 Å². The molecule has 2 aromatic rings. The Hall–Kier alpha value is -3.49. The van der Waals surface area contributed by atoms with Gasteiger partial charge in [-0.15, -0.1) is 0 Å². The molecule has 0 radical (unpaired) electrons. The second-order valence-corrected chi connectivity index (χ2v) is 13.7. The summed E-state index contributed by atoms with van der Waals surface area (Å²) in [6.45, 7) is 22.7. The highest BCUT2D eigenvalue weighted by molar-refractivity contribution is 5.74. The summed E-state index contributed by atoms with van der Waals surface area (Å²) in [6.07, 6.45) is -1.29. The summed E-state index contributed by atoms with van der Waals surface area (Å²) in [6, 6.07) is 6.35. The zero-order chi connectivity index (χ0) is 29.6. The third kappa shape index (κ3) is 6.88. The molecule has 0 bridgehead atoms. The number of hydrogen-bond donors (Lipinski definition) is 0. The third-order valence-corrected chi connectivity index (χ3v) is 6.25. The van der Waals surface area contributed by atoms with Crippen molar-refractivity contribution in [2.45, 2.75) is 105 Å². The summed E-state index contributed by atoms with van der Waals surface area (Å²) in [4.78, 5) is 36.1. The summed E-state index contributed by atoms with van der Waals surface area (Å²) >= 11 is 0. The van der Waals surface area contributed by atoms with Gasteiger partial charge in [-0.3, -0.25) is 20.2 Å². The summed E-state index contributed by atoms with van der Waals surface area (Å²) in [7, 11) is 0. The highest BCUT2D eigenvalue weighted by Gasteiger charge is 2.35. The molecular weight excluding hydrogens is 488 g/mol. The van der Waals surface area contributed by atoms with Crippen LogP contribution in [0.4, 0.5) is 16.2 Å². The molecule has 9 nitrogen and oxygen atoms in total. The lowest BCUT2D eigenvalue weighted by molar-refractivity contribution is -0.386. The van der Waals surface area contributed by atoms with Gasteiger partial charge in [0.2, 0.25) is 11.5 Å². The second kappa shape index (κ2) is 10.0. The van der Waals surface area contributed by atoms with Crippen LogP contribution in [0.2, 0.25) is 0 Å². The highest BCUT2D eigenvalue weighted by atomic mass is 16.7. The van der Waals surface area contributed by atoms with Gasteiger partial charge in [-0.25, -0.2) is 4.79 Å². The molecule has 0 unspecified atom stereocenters. The van der Waals surface area contributed by atoms with E-state index < -0.39 is 37.7 Å². The molecule has 0 saturated heterocycles. The topological polar surface area (TPSA) is 122 Å². The second-order valence-electron chi connectivity index (χ2n) is 13.7. The normalized spacial score (nSPS) is 12.7. The smallest absolute Gasteiger partial charge is 0.387 e. The molecule has 38 heavy (non-hydrogen) atoms. The fourth-order valence-electron chi connectivity index (χ4n) is 3.88. The van der Waals surface area contributed by atoms with Crippen LogP contribution in [-0.4, -0.2) is 16.0 Å². The van der Waals surface area contributed by atoms with Crippen LogP contribution in [0.25, 0.3) is 0 Å². The van der Waals surface area contributed by atoms with Gasteiger partial charge in [-0.05, 0) is 32.8 Å². The number of benzene rings is 2. The molecule has 208 valence electrons. The number of carbonyl (C=O) groups excluding carboxylic acids is 1. The van der Waals surface area contributed by atoms with E-state index in [1.165, 1.54) is 12.1 Å².